The van der Waals surface area contributed by atoms with Crippen LogP contribution < -0.4 is 11.2 Å². The molecule has 9 nitrogen and oxygen atoms in total. The van der Waals surface area contributed by atoms with Crippen molar-refractivity contribution in [3.8, 4) is 0 Å². The van der Waals surface area contributed by atoms with Crippen LogP contribution in [0.15, 0.2) is 38.8 Å². The van der Waals surface area contributed by atoms with E-state index >= 15 is 0 Å². The van der Waals surface area contributed by atoms with Gasteiger partial charge in [-0.2, -0.15) is 8.42 Å². The van der Waals surface area contributed by atoms with Gasteiger partial charge in [-0.1, -0.05) is 26.0 Å². The molecule has 7 rings (SSSR count). The maximum atomic E-state index is 13.3. The maximum absolute atomic E-state index is 13.3. The van der Waals surface area contributed by atoms with Crippen molar-refractivity contribution in [3.05, 3.63) is 56.5 Å². The second-order valence-electron chi connectivity index (χ2n) is 11.4. The van der Waals surface area contributed by atoms with E-state index in [1.165, 1.54) is 10.6 Å². The predicted molar refractivity (Wildman–Crippen MR) is 139 cm³/mol. The van der Waals surface area contributed by atoms with Crippen LogP contribution in [0.25, 0.3) is 11.2 Å². The summed E-state index contributed by atoms with van der Waals surface area (Å²) in [4.78, 5) is 34.8. The van der Waals surface area contributed by atoms with Crippen molar-refractivity contribution in [1.29, 1.82) is 0 Å². The van der Waals surface area contributed by atoms with E-state index < -0.39 is 10.1 Å². The summed E-state index contributed by atoms with van der Waals surface area (Å²) in [6, 6.07) is 6.62. The summed E-state index contributed by atoms with van der Waals surface area (Å²) in [5, 5.41) is 0. The Labute approximate surface area is 215 Å². The van der Waals surface area contributed by atoms with Crippen LogP contribution in [-0.4, -0.2) is 32.1 Å². The van der Waals surface area contributed by atoms with Gasteiger partial charge in [0.25, 0.3) is 15.7 Å². The first-order chi connectivity index (χ1) is 17.7. The average molecular weight is 527 g/mol. The lowest BCUT2D eigenvalue weighted by atomic mass is 9.73. The number of benzene rings is 1. The fourth-order valence-corrected chi connectivity index (χ4v) is 8.55. The number of nitrogens with one attached hydrogen (secondary N) is 1. The Morgan fingerprint density at radius 3 is 2.59 bits per heavy atom. The second kappa shape index (κ2) is 8.66. The van der Waals surface area contributed by atoms with E-state index in [2.05, 4.69) is 4.98 Å². The Morgan fingerprint density at radius 2 is 1.86 bits per heavy atom. The highest BCUT2D eigenvalue weighted by Crippen LogP contribution is 2.68. The third-order valence-electron chi connectivity index (χ3n) is 9.23. The summed E-state index contributed by atoms with van der Waals surface area (Å²) < 4.78 is 35.9. The molecule has 10 heteroatoms. The van der Waals surface area contributed by atoms with Crippen LogP contribution in [0, 0.1) is 23.7 Å². The van der Waals surface area contributed by atoms with Crippen molar-refractivity contribution in [2.45, 2.75) is 82.2 Å². The molecule has 2 N–H and O–H groups in total. The molecule has 5 unspecified atom stereocenters. The minimum atomic E-state index is -4.25. The normalized spacial score (nSPS) is 28.5. The number of aromatic nitrogens is 4. The lowest BCUT2D eigenvalue weighted by Crippen LogP contribution is -2.40. The van der Waals surface area contributed by atoms with Crippen molar-refractivity contribution in [2.75, 3.05) is 0 Å². The van der Waals surface area contributed by atoms with Crippen LogP contribution in [0.4, 0.5) is 0 Å². The monoisotopic (exact) mass is 526 g/mol. The van der Waals surface area contributed by atoms with Crippen molar-refractivity contribution < 1.29 is 13.0 Å². The number of imidazole rings is 1. The van der Waals surface area contributed by atoms with Gasteiger partial charge in [-0.15, -0.1) is 0 Å². The lowest BCUT2D eigenvalue weighted by Gasteiger charge is -2.32. The van der Waals surface area contributed by atoms with Crippen LogP contribution in [0.2, 0.25) is 0 Å². The first-order valence-corrected chi connectivity index (χ1v) is 14.9. The molecule has 0 radical (unpaired) electrons. The van der Waals surface area contributed by atoms with E-state index in [9.17, 15) is 22.6 Å². The number of fused-ring (bicyclic) bond motifs is 1. The van der Waals surface area contributed by atoms with Gasteiger partial charge in [-0.05, 0) is 86.3 Å². The third kappa shape index (κ3) is 3.74. The zero-order valence-electron chi connectivity index (χ0n) is 21.3. The molecule has 5 atom stereocenters. The Morgan fingerprint density at radius 1 is 1.11 bits per heavy atom. The molecule has 2 aromatic heterocycles. The van der Waals surface area contributed by atoms with Crippen LogP contribution >= 0.6 is 0 Å². The number of rotatable bonds is 8. The Bertz CT molecular complexity index is 1600. The van der Waals surface area contributed by atoms with Gasteiger partial charge in [0.05, 0.1) is 4.90 Å². The maximum Gasteiger partial charge on any atom is 0.332 e. The SMILES string of the molecule is CCCn1c(=O)c2[nH]c(C34CC5CC(C3)C(Cc3cccc(S(=O)(=O)O)c3)C4C5)nc2n(CCC)c1=O. The van der Waals surface area contributed by atoms with Crippen LogP contribution in [0.5, 0.6) is 0 Å². The van der Waals surface area contributed by atoms with Gasteiger partial charge >= 0.3 is 5.69 Å². The van der Waals surface area contributed by atoms with Crippen molar-refractivity contribution in [1.82, 2.24) is 19.1 Å². The van der Waals surface area contributed by atoms with Crippen molar-refractivity contribution in [3.63, 3.8) is 0 Å². The van der Waals surface area contributed by atoms with Gasteiger partial charge in [0, 0.05) is 18.5 Å². The topological polar surface area (TPSA) is 127 Å². The van der Waals surface area contributed by atoms with Gasteiger partial charge in [0.2, 0.25) is 0 Å². The molecule has 0 saturated heterocycles. The predicted octanol–water partition coefficient (Wildman–Crippen LogP) is 3.50. The molecule has 4 fully saturated rings. The van der Waals surface area contributed by atoms with E-state index in [1.54, 1.807) is 16.7 Å². The lowest BCUT2D eigenvalue weighted by molar-refractivity contribution is 0.195. The largest absolute Gasteiger partial charge is 0.336 e. The summed E-state index contributed by atoms with van der Waals surface area (Å²) in [7, 11) is -4.25. The molecule has 1 aromatic carbocycles. The molecule has 37 heavy (non-hydrogen) atoms. The summed E-state index contributed by atoms with van der Waals surface area (Å²) >= 11 is 0. The van der Waals surface area contributed by atoms with E-state index in [0.29, 0.717) is 54.3 Å². The standard InChI is InChI=1S/C27H34N4O5S/c1-3-8-30-23-22(24(32)31(9-4-2)26(30)33)28-25(29-23)27-14-17-10-18(15-27)20(21(27)13-17)12-16-6-5-7-19(11-16)37(34,35)36/h5-7,11,17-18,20-21H,3-4,8-10,12-15H2,1-2H3,(H,28,29)(H,34,35,36). The van der Waals surface area contributed by atoms with Crippen LogP contribution in [0.1, 0.15) is 63.8 Å². The van der Waals surface area contributed by atoms with Crippen LogP contribution in [-0.2, 0) is 35.0 Å². The van der Waals surface area contributed by atoms with E-state index in [-0.39, 0.29) is 21.6 Å². The van der Waals surface area contributed by atoms with Gasteiger partial charge in [-0.25, -0.2) is 9.78 Å². The Kier molecular flexibility index (Phi) is 5.76. The minimum absolute atomic E-state index is 0.0679. The van der Waals surface area contributed by atoms with Gasteiger partial charge in [-0.3, -0.25) is 18.5 Å². The highest BCUT2D eigenvalue weighted by molar-refractivity contribution is 7.85. The number of hydrogen-bond donors (Lipinski definition) is 2. The molecule has 4 aliphatic carbocycles. The molecule has 198 valence electrons. The molecule has 4 bridgehead atoms. The summed E-state index contributed by atoms with van der Waals surface area (Å²) in [5.74, 6) is 2.69. The minimum Gasteiger partial charge on any atom is -0.336 e. The number of hydrogen-bond acceptors (Lipinski definition) is 5. The fourth-order valence-electron chi connectivity index (χ4n) is 8.00. The average Bonchev–Trinajstić information content (AvgIpc) is 3.48. The number of nitrogens with zero attached hydrogens (tertiary/aromatic N) is 3. The Balaban J connectivity index is 1.41. The smallest absolute Gasteiger partial charge is 0.332 e. The summed E-state index contributed by atoms with van der Waals surface area (Å²) in [5.41, 5.74) is 1.07. The van der Waals surface area contributed by atoms with E-state index in [0.717, 1.165) is 49.9 Å². The van der Waals surface area contributed by atoms with E-state index in [4.69, 9.17) is 4.98 Å². The summed E-state index contributed by atoms with van der Waals surface area (Å²) in [6.07, 6.45) is 6.47. The molecule has 2 heterocycles. The molecule has 0 amide bonds. The zero-order valence-corrected chi connectivity index (χ0v) is 22.1. The molecule has 3 aromatic rings. The molecular weight excluding hydrogens is 492 g/mol. The first kappa shape index (κ1) is 24.6. The number of aromatic amines is 1. The van der Waals surface area contributed by atoms with Gasteiger partial charge in [0.15, 0.2) is 5.65 Å². The number of aryl methyl sites for hydroxylation is 1. The zero-order chi connectivity index (χ0) is 26.1. The Hall–Kier alpha value is -2.72. The highest BCUT2D eigenvalue weighted by Gasteiger charge is 2.64. The molecular formula is C27H34N4O5S. The summed E-state index contributed by atoms with van der Waals surface area (Å²) in [6.45, 7) is 4.86. The van der Waals surface area contributed by atoms with Gasteiger partial charge in [0.1, 0.15) is 11.3 Å². The second-order valence-corrected chi connectivity index (χ2v) is 12.9. The molecule has 4 saturated carbocycles. The fraction of sp³-hybridized carbons (Fsp3) is 0.593. The van der Waals surface area contributed by atoms with Crippen molar-refractivity contribution >= 4 is 21.3 Å². The third-order valence-corrected chi connectivity index (χ3v) is 10.1. The van der Waals surface area contributed by atoms with Crippen LogP contribution in [0.3, 0.4) is 0 Å². The number of H-pyrrole nitrogens is 1. The quantitative estimate of drug-likeness (QED) is 0.433. The highest BCUT2D eigenvalue weighted by atomic mass is 32.2. The molecule has 0 aliphatic heterocycles. The van der Waals surface area contributed by atoms with E-state index in [1.807, 2.05) is 19.9 Å². The molecule has 0 spiro atoms. The van der Waals surface area contributed by atoms with Crippen molar-refractivity contribution in [2.24, 2.45) is 23.7 Å². The van der Waals surface area contributed by atoms with Gasteiger partial charge < -0.3 is 4.98 Å². The molecule has 4 aliphatic rings. The first-order valence-electron chi connectivity index (χ1n) is 13.5.